The predicted octanol–water partition coefficient (Wildman–Crippen LogP) is 0.601. The van der Waals surface area contributed by atoms with Crippen LogP contribution in [0.3, 0.4) is 0 Å². The monoisotopic (exact) mass is 231 g/mol. The lowest BCUT2D eigenvalue weighted by molar-refractivity contribution is 0.304. The number of hydrogen-bond acceptors (Lipinski definition) is 5. The van der Waals surface area contributed by atoms with Crippen LogP contribution >= 0.6 is 0 Å². The number of pyridine rings is 1. The molecule has 0 aliphatic carbocycles. The lowest BCUT2D eigenvalue weighted by Gasteiger charge is -2.03. The first-order valence-corrected chi connectivity index (χ1v) is 6.49. The molecule has 0 amide bonds. The average molecular weight is 231 g/mol. The van der Waals surface area contributed by atoms with Crippen molar-refractivity contribution < 1.29 is 18.3 Å². The molecule has 6 heteroatoms. The summed E-state index contributed by atoms with van der Waals surface area (Å²) in [5.74, 6) is 0.547. The number of sulfone groups is 1. The zero-order valence-corrected chi connectivity index (χ0v) is 9.20. The Hall–Kier alpha value is -1.30. The maximum atomic E-state index is 10.8. The van der Waals surface area contributed by atoms with Crippen molar-refractivity contribution in [2.45, 2.75) is 6.42 Å². The zero-order chi connectivity index (χ0) is 11.3. The van der Waals surface area contributed by atoms with Gasteiger partial charge in [0.05, 0.1) is 18.6 Å². The van der Waals surface area contributed by atoms with Gasteiger partial charge in [-0.05, 0) is 12.5 Å². The van der Waals surface area contributed by atoms with Crippen LogP contribution in [-0.2, 0) is 9.84 Å². The van der Waals surface area contributed by atoms with E-state index >= 15 is 0 Å². The smallest absolute Gasteiger partial charge is 0.213 e. The van der Waals surface area contributed by atoms with Crippen molar-refractivity contribution in [2.75, 3.05) is 18.6 Å². The van der Waals surface area contributed by atoms with E-state index in [2.05, 4.69) is 4.98 Å². The summed E-state index contributed by atoms with van der Waals surface area (Å²) in [6.07, 6.45) is 2.89. The molecule has 84 valence electrons. The van der Waals surface area contributed by atoms with Gasteiger partial charge in [-0.2, -0.15) is 0 Å². The van der Waals surface area contributed by atoms with Gasteiger partial charge in [-0.1, -0.05) is 0 Å². The first kappa shape index (κ1) is 11.8. The first-order chi connectivity index (χ1) is 6.97. The Morgan fingerprint density at radius 3 is 2.73 bits per heavy atom. The van der Waals surface area contributed by atoms with E-state index in [0.29, 0.717) is 18.9 Å². The first-order valence-electron chi connectivity index (χ1n) is 4.43. The van der Waals surface area contributed by atoms with Crippen LogP contribution in [0.2, 0.25) is 0 Å². The van der Waals surface area contributed by atoms with Crippen LogP contribution in [0.4, 0.5) is 0 Å². The summed E-state index contributed by atoms with van der Waals surface area (Å²) in [6.45, 7) is 0.296. The van der Waals surface area contributed by atoms with Crippen molar-refractivity contribution in [1.29, 1.82) is 0 Å². The van der Waals surface area contributed by atoms with Gasteiger partial charge in [-0.25, -0.2) is 13.4 Å². The third-order valence-electron chi connectivity index (χ3n) is 1.63. The largest absolute Gasteiger partial charge is 0.506 e. The minimum atomic E-state index is -2.93. The lowest BCUT2D eigenvalue weighted by atomic mass is 10.4. The van der Waals surface area contributed by atoms with Crippen molar-refractivity contribution in [3.63, 3.8) is 0 Å². The minimum Gasteiger partial charge on any atom is -0.506 e. The van der Waals surface area contributed by atoms with Gasteiger partial charge in [0.2, 0.25) is 5.88 Å². The highest BCUT2D eigenvalue weighted by atomic mass is 32.2. The maximum Gasteiger partial charge on any atom is 0.213 e. The molecule has 5 nitrogen and oxygen atoms in total. The van der Waals surface area contributed by atoms with E-state index in [1.165, 1.54) is 24.6 Å². The molecule has 0 fully saturated rings. The van der Waals surface area contributed by atoms with Crippen molar-refractivity contribution in [2.24, 2.45) is 0 Å². The molecule has 1 aromatic heterocycles. The molecule has 0 saturated heterocycles. The van der Waals surface area contributed by atoms with Crippen LogP contribution in [0.5, 0.6) is 11.6 Å². The summed E-state index contributed by atoms with van der Waals surface area (Å²) in [6, 6.07) is 2.98. The molecule has 0 atom stereocenters. The van der Waals surface area contributed by atoms with Gasteiger partial charge >= 0.3 is 0 Å². The van der Waals surface area contributed by atoms with E-state index < -0.39 is 9.84 Å². The van der Waals surface area contributed by atoms with Crippen LogP contribution in [0.25, 0.3) is 0 Å². The number of rotatable bonds is 5. The van der Waals surface area contributed by atoms with Gasteiger partial charge in [-0.15, -0.1) is 0 Å². The van der Waals surface area contributed by atoms with Gasteiger partial charge < -0.3 is 9.84 Å². The number of aromatic nitrogens is 1. The molecular formula is C9H13NO4S. The van der Waals surface area contributed by atoms with E-state index in [-0.39, 0.29) is 11.5 Å². The molecule has 0 spiro atoms. The molecule has 0 aliphatic heterocycles. The molecule has 1 aromatic rings. The lowest BCUT2D eigenvalue weighted by Crippen LogP contribution is -2.08. The fraction of sp³-hybridized carbons (Fsp3) is 0.444. The van der Waals surface area contributed by atoms with E-state index in [9.17, 15) is 8.42 Å². The summed E-state index contributed by atoms with van der Waals surface area (Å²) in [5, 5.41) is 8.94. The third-order valence-corrected chi connectivity index (χ3v) is 2.66. The summed E-state index contributed by atoms with van der Waals surface area (Å²) >= 11 is 0. The van der Waals surface area contributed by atoms with Crippen LogP contribution in [0, 0.1) is 0 Å². The van der Waals surface area contributed by atoms with Crippen molar-refractivity contribution >= 4 is 9.84 Å². The zero-order valence-electron chi connectivity index (χ0n) is 8.38. The summed E-state index contributed by atoms with van der Waals surface area (Å²) < 4.78 is 26.7. The molecular weight excluding hydrogens is 218 g/mol. The highest BCUT2D eigenvalue weighted by molar-refractivity contribution is 7.90. The second-order valence-electron chi connectivity index (χ2n) is 3.19. The van der Waals surface area contributed by atoms with E-state index in [0.717, 1.165) is 0 Å². The van der Waals surface area contributed by atoms with Crippen LogP contribution in [-0.4, -0.2) is 37.1 Å². The third kappa shape index (κ3) is 5.21. The summed E-state index contributed by atoms with van der Waals surface area (Å²) in [7, 11) is -2.93. The Bertz CT molecular complexity index is 399. The Morgan fingerprint density at radius 1 is 1.47 bits per heavy atom. The van der Waals surface area contributed by atoms with Crippen LogP contribution < -0.4 is 4.74 Å². The second-order valence-corrected chi connectivity index (χ2v) is 5.45. The molecule has 0 saturated carbocycles. The molecule has 0 aliphatic rings. The average Bonchev–Trinajstić information content (AvgIpc) is 2.14. The van der Waals surface area contributed by atoms with Gasteiger partial charge in [0.1, 0.15) is 15.6 Å². The topological polar surface area (TPSA) is 76.5 Å². The van der Waals surface area contributed by atoms with Gasteiger partial charge in [0.15, 0.2) is 0 Å². The Labute approximate surface area is 88.6 Å². The van der Waals surface area contributed by atoms with Gasteiger partial charge in [0.25, 0.3) is 0 Å². The minimum absolute atomic E-state index is 0.0680. The predicted molar refractivity (Wildman–Crippen MR) is 55.7 cm³/mol. The van der Waals surface area contributed by atoms with Crippen molar-refractivity contribution in [3.05, 3.63) is 18.3 Å². The molecule has 1 heterocycles. The van der Waals surface area contributed by atoms with Gasteiger partial charge in [-0.3, -0.25) is 0 Å². The number of nitrogens with zero attached hydrogens (tertiary/aromatic N) is 1. The van der Waals surface area contributed by atoms with Crippen LogP contribution in [0.1, 0.15) is 6.42 Å². The van der Waals surface area contributed by atoms with Crippen molar-refractivity contribution in [1.82, 2.24) is 4.98 Å². The highest BCUT2D eigenvalue weighted by Gasteiger charge is 2.02. The standard InChI is InChI=1S/C9H13NO4S/c1-15(12,13)6-2-5-14-9-4-3-8(11)7-10-9/h3-4,7,11H,2,5-6H2,1H3. The quantitative estimate of drug-likeness (QED) is 0.751. The fourth-order valence-electron chi connectivity index (χ4n) is 0.956. The van der Waals surface area contributed by atoms with Crippen LogP contribution in [0.15, 0.2) is 18.3 Å². The summed E-state index contributed by atoms with van der Waals surface area (Å²) in [4.78, 5) is 3.79. The molecule has 0 unspecified atom stereocenters. The molecule has 15 heavy (non-hydrogen) atoms. The van der Waals surface area contributed by atoms with E-state index in [1.54, 1.807) is 0 Å². The normalized spacial score (nSPS) is 11.3. The maximum absolute atomic E-state index is 10.8. The SMILES string of the molecule is CS(=O)(=O)CCCOc1ccc(O)cn1. The van der Waals surface area contributed by atoms with E-state index in [4.69, 9.17) is 9.84 Å². The second kappa shape index (κ2) is 4.97. The Balaban J connectivity index is 2.29. The molecule has 0 radical (unpaired) electrons. The Morgan fingerprint density at radius 2 is 2.20 bits per heavy atom. The number of ether oxygens (including phenoxy) is 1. The highest BCUT2D eigenvalue weighted by Crippen LogP contribution is 2.11. The number of hydrogen-bond donors (Lipinski definition) is 1. The molecule has 0 bridgehead atoms. The fourth-order valence-corrected chi connectivity index (χ4v) is 1.60. The Kier molecular flexibility index (Phi) is 3.90. The molecule has 1 rings (SSSR count). The van der Waals surface area contributed by atoms with Gasteiger partial charge in [0, 0.05) is 12.3 Å². The number of aromatic hydroxyl groups is 1. The summed E-state index contributed by atoms with van der Waals surface area (Å²) in [5.41, 5.74) is 0. The van der Waals surface area contributed by atoms with Crippen molar-refractivity contribution in [3.8, 4) is 11.6 Å². The molecule has 0 aromatic carbocycles. The molecule has 1 N–H and O–H groups in total. The van der Waals surface area contributed by atoms with E-state index in [1.807, 2.05) is 0 Å².